The predicted octanol–water partition coefficient (Wildman–Crippen LogP) is 0.498. The number of aliphatic hydroxyl groups excluding tert-OH is 1. The van der Waals surface area contributed by atoms with Gasteiger partial charge in [0.15, 0.2) is 0 Å². The smallest absolute Gasteiger partial charge is 0.0558 e. The molecular weight excluding hydrogens is 164 g/mol. The minimum Gasteiger partial charge on any atom is -0.395 e. The van der Waals surface area contributed by atoms with Gasteiger partial charge in [0, 0.05) is 26.2 Å². The van der Waals surface area contributed by atoms with E-state index in [1.807, 2.05) is 0 Å². The number of hydrogen-bond donors (Lipinski definition) is 1. The van der Waals surface area contributed by atoms with Crippen molar-refractivity contribution in [2.75, 3.05) is 46.9 Å². The Morgan fingerprint density at radius 3 is 2.08 bits per heavy atom. The van der Waals surface area contributed by atoms with Crippen molar-refractivity contribution in [2.24, 2.45) is 5.92 Å². The molecule has 0 aliphatic carbocycles. The van der Waals surface area contributed by atoms with Gasteiger partial charge in [-0.2, -0.15) is 0 Å². The standard InChI is InChI=1S/C10H24N2O/c1-10(2)9-12(7-8-13)6-5-11(3)4/h10,13H,5-9H2,1-4H3. The first-order chi connectivity index (χ1) is 6.06. The second-order valence-corrected chi connectivity index (χ2v) is 4.22. The van der Waals surface area contributed by atoms with Crippen molar-refractivity contribution >= 4 is 0 Å². The average Bonchev–Trinajstić information content (AvgIpc) is 1.99. The molecule has 0 bridgehead atoms. The van der Waals surface area contributed by atoms with Crippen LogP contribution in [0.15, 0.2) is 0 Å². The average molecular weight is 188 g/mol. The number of aliphatic hydroxyl groups is 1. The van der Waals surface area contributed by atoms with Crippen molar-refractivity contribution < 1.29 is 5.11 Å². The van der Waals surface area contributed by atoms with E-state index in [1.54, 1.807) is 0 Å². The third kappa shape index (κ3) is 8.22. The maximum atomic E-state index is 8.86. The van der Waals surface area contributed by atoms with Crippen LogP contribution in [0.5, 0.6) is 0 Å². The van der Waals surface area contributed by atoms with Crippen LogP contribution in [0, 0.1) is 5.92 Å². The van der Waals surface area contributed by atoms with Crippen LogP contribution in [0.3, 0.4) is 0 Å². The Bertz CT molecular complexity index is 115. The van der Waals surface area contributed by atoms with E-state index in [2.05, 4.69) is 37.7 Å². The van der Waals surface area contributed by atoms with Gasteiger partial charge in [0.2, 0.25) is 0 Å². The highest BCUT2D eigenvalue weighted by Gasteiger charge is 2.06. The summed E-state index contributed by atoms with van der Waals surface area (Å²) in [5.41, 5.74) is 0. The fraction of sp³-hybridized carbons (Fsp3) is 1.00. The highest BCUT2D eigenvalue weighted by atomic mass is 16.3. The minimum atomic E-state index is 0.264. The highest BCUT2D eigenvalue weighted by molar-refractivity contribution is 4.61. The molecule has 0 saturated carbocycles. The van der Waals surface area contributed by atoms with E-state index >= 15 is 0 Å². The molecule has 1 N–H and O–H groups in total. The van der Waals surface area contributed by atoms with Crippen molar-refractivity contribution in [1.29, 1.82) is 0 Å². The lowest BCUT2D eigenvalue weighted by molar-refractivity contribution is 0.170. The van der Waals surface area contributed by atoms with Crippen molar-refractivity contribution in [2.45, 2.75) is 13.8 Å². The van der Waals surface area contributed by atoms with Crippen molar-refractivity contribution in [3.05, 3.63) is 0 Å². The van der Waals surface area contributed by atoms with Crippen LogP contribution in [0.1, 0.15) is 13.8 Å². The maximum Gasteiger partial charge on any atom is 0.0558 e. The molecule has 0 aliphatic heterocycles. The Balaban J connectivity index is 3.66. The first-order valence-corrected chi connectivity index (χ1v) is 5.04. The molecule has 3 heteroatoms. The van der Waals surface area contributed by atoms with Crippen LogP contribution in [0.2, 0.25) is 0 Å². The lowest BCUT2D eigenvalue weighted by Crippen LogP contribution is -2.36. The summed E-state index contributed by atoms with van der Waals surface area (Å²) in [6.45, 7) is 8.67. The van der Waals surface area contributed by atoms with Crippen molar-refractivity contribution in [3.63, 3.8) is 0 Å². The fourth-order valence-electron chi connectivity index (χ4n) is 1.29. The zero-order valence-corrected chi connectivity index (χ0v) is 9.45. The van der Waals surface area contributed by atoms with Gasteiger partial charge in [-0.15, -0.1) is 0 Å². The van der Waals surface area contributed by atoms with Gasteiger partial charge in [-0.05, 0) is 20.0 Å². The normalized spacial score (nSPS) is 12.0. The van der Waals surface area contributed by atoms with E-state index in [9.17, 15) is 0 Å². The Labute approximate surface area is 82.3 Å². The maximum absolute atomic E-state index is 8.86. The Hall–Kier alpha value is -0.120. The molecule has 0 fully saturated rings. The molecule has 80 valence electrons. The van der Waals surface area contributed by atoms with E-state index in [1.165, 1.54) is 0 Å². The van der Waals surface area contributed by atoms with Gasteiger partial charge in [-0.3, -0.25) is 4.90 Å². The quantitative estimate of drug-likeness (QED) is 0.630. The molecule has 0 heterocycles. The summed E-state index contributed by atoms with van der Waals surface area (Å²) in [6, 6.07) is 0. The van der Waals surface area contributed by atoms with E-state index in [0.717, 1.165) is 26.2 Å². The molecule has 0 unspecified atom stereocenters. The minimum absolute atomic E-state index is 0.264. The molecule has 0 amide bonds. The van der Waals surface area contributed by atoms with E-state index in [0.29, 0.717) is 5.92 Å². The molecule has 0 aromatic carbocycles. The first kappa shape index (κ1) is 12.9. The van der Waals surface area contributed by atoms with E-state index in [-0.39, 0.29) is 6.61 Å². The van der Waals surface area contributed by atoms with Gasteiger partial charge in [0.05, 0.1) is 6.61 Å². The second-order valence-electron chi connectivity index (χ2n) is 4.22. The molecule has 0 atom stereocenters. The largest absolute Gasteiger partial charge is 0.395 e. The Kier molecular flexibility index (Phi) is 7.23. The summed E-state index contributed by atoms with van der Waals surface area (Å²) < 4.78 is 0. The third-order valence-corrected chi connectivity index (χ3v) is 1.90. The lowest BCUT2D eigenvalue weighted by Gasteiger charge is -2.24. The highest BCUT2D eigenvalue weighted by Crippen LogP contribution is 1.97. The summed E-state index contributed by atoms with van der Waals surface area (Å²) in [4.78, 5) is 4.48. The van der Waals surface area contributed by atoms with Gasteiger partial charge >= 0.3 is 0 Å². The lowest BCUT2D eigenvalue weighted by atomic mass is 10.2. The number of rotatable bonds is 7. The molecule has 0 spiro atoms. The Morgan fingerprint density at radius 1 is 1.08 bits per heavy atom. The van der Waals surface area contributed by atoms with Crippen LogP contribution < -0.4 is 0 Å². The van der Waals surface area contributed by atoms with E-state index in [4.69, 9.17) is 5.11 Å². The number of nitrogens with zero attached hydrogens (tertiary/aromatic N) is 2. The first-order valence-electron chi connectivity index (χ1n) is 5.04. The van der Waals surface area contributed by atoms with Gasteiger partial charge < -0.3 is 10.0 Å². The van der Waals surface area contributed by atoms with Gasteiger partial charge in [-0.25, -0.2) is 0 Å². The van der Waals surface area contributed by atoms with Crippen LogP contribution in [0.25, 0.3) is 0 Å². The topological polar surface area (TPSA) is 26.7 Å². The molecule has 0 aromatic heterocycles. The summed E-state index contributed by atoms with van der Waals surface area (Å²) >= 11 is 0. The SMILES string of the molecule is CC(C)CN(CCO)CCN(C)C. The molecule has 3 nitrogen and oxygen atoms in total. The Morgan fingerprint density at radius 2 is 1.69 bits per heavy atom. The van der Waals surface area contributed by atoms with Gasteiger partial charge in [0.1, 0.15) is 0 Å². The van der Waals surface area contributed by atoms with Crippen LogP contribution in [-0.4, -0.2) is 61.8 Å². The van der Waals surface area contributed by atoms with Crippen LogP contribution in [-0.2, 0) is 0 Å². The third-order valence-electron chi connectivity index (χ3n) is 1.90. The zero-order valence-electron chi connectivity index (χ0n) is 9.45. The molecule has 0 aliphatic rings. The van der Waals surface area contributed by atoms with E-state index < -0.39 is 0 Å². The fourth-order valence-corrected chi connectivity index (χ4v) is 1.29. The molecule has 13 heavy (non-hydrogen) atoms. The molecule has 0 aromatic rings. The van der Waals surface area contributed by atoms with Gasteiger partial charge in [-0.1, -0.05) is 13.8 Å². The second kappa shape index (κ2) is 7.30. The molecule has 0 saturated heterocycles. The van der Waals surface area contributed by atoms with Crippen molar-refractivity contribution in [1.82, 2.24) is 9.80 Å². The molecule has 0 radical (unpaired) electrons. The molecule has 0 rings (SSSR count). The number of likely N-dealkylation sites (N-methyl/N-ethyl adjacent to an activating group) is 1. The van der Waals surface area contributed by atoms with Crippen LogP contribution >= 0.6 is 0 Å². The van der Waals surface area contributed by atoms with Gasteiger partial charge in [0.25, 0.3) is 0 Å². The summed E-state index contributed by atoms with van der Waals surface area (Å²) in [6.07, 6.45) is 0. The summed E-state index contributed by atoms with van der Waals surface area (Å²) in [5.74, 6) is 0.675. The summed E-state index contributed by atoms with van der Waals surface area (Å²) in [7, 11) is 4.15. The number of hydrogen-bond acceptors (Lipinski definition) is 3. The van der Waals surface area contributed by atoms with Crippen LogP contribution in [0.4, 0.5) is 0 Å². The van der Waals surface area contributed by atoms with Crippen molar-refractivity contribution in [3.8, 4) is 0 Å². The predicted molar refractivity (Wildman–Crippen MR) is 56.9 cm³/mol. The summed E-state index contributed by atoms with van der Waals surface area (Å²) in [5, 5.41) is 8.86. The molecular formula is C10H24N2O. The monoisotopic (exact) mass is 188 g/mol. The zero-order chi connectivity index (χ0) is 10.3.